The maximum atomic E-state index is 12.9. The lowest BCUT2D eigenvalue weighted by Gasteiger charge is -2.52. The number of benzene rings is 2. The maximum absolute atomic E-state index is 12.9. The number of carbonyl (C=O) groups is 1. The van der Waals surface area contributed by atoms with Gasteiger partial charge in [0.05, 0.1) is 18.7 Å². The lowest BCUT2D eigenvalue weighted by atomic mass is 9.75. The third kappa shape index (κ3) is 3.83. The van der Waals surface area contributed by atoms with Crippen molar-refractivity contribution in [3.8, 4) is 6.07 Å². The van der Waals surface area contributed by atoms with E-state index in [0.717, 1.165) is 42.4 Å². The summed E-state index contributed by atoms with van der Waals surface area (Å²) in [5, 5.41) is 19.7. The van der Waals surface area contributed by atoms with Crippen LogP contribution in [0.25, 0.3) is 12.2 Å². The van der Waals surface area contributed by atoms with E-state index in [1.807, 2.05) is 42.5 Å². The monoisotopic (exact) mass is 386 g/mol. The molecule has 1 saturated heterocycles. The smallest absolute Gasteiger partial charge is 0.227 e. The first-order valence-corrected chi connectivity index (χ1v) is 10.4. The highest BCUT2D eigenvalue weighted by atomic mass is 16.3. The quantitative estimate of drug-likeness (QED) is 0.782. The number of likely N-dealkylation sites (tertiary alicyclic amines) is 1. The van der Waals surface area contributed by atoms with Crippen LogP contribution < -0.4 is 0 Å². The number of nitriles is 1. The van der Waals surface area contributed by atoms with E-state index in [1.165, 1.54) is 0 Å². The van der Waals surface area contributed by atoms with Crippen molar-refractivity contribution in [2.45, 2.75) is 43.7 Å². The normalized spacial score (nSPS) is 24.4. The first-order chi connectivity index (χ1) is 14.2. The van der Waals surface area contributed by atoms with Gasteiger partial charge in [0.15, 0.2) is 0 Å². The molecule has 0 aromatic heterocycles. The molecule has 1 aliphatic heterocycles. The van der Waals surface area contributed by atoms with Crippen molar-refractivity contribution in [1.29, 1.82) is 5.26 Å². The molecule has 4 nitrogen and oxygen atoms in total. The van der Waals surface area contributed by atoms with Crippen molar-refractivity contribution >= 4 is 18.1 Å². The molecule has 2 aromatic carbocycles. The molecule has 4 heteroatoms. The largest absolute Gasteiger partial charge is 0.394 e. The number of hydrogen-bond acceptors (Lipinski definition) is 3. The molecule has 4 rings (SSSR count). The van der Waals surface area contributed by atoms with E-state index in [0.29, 0.717) is 0 Å². The second kappa shape index (κ2) is 8.63. The molecule has 1 amide bonds. The molecule has 29 heavy (non-hydrogen) atoms. The molecule has 2 fully saturated rings. The van der Waals surface area contributed by atoms with Crippen molar-refractivity contribution < 1.29 is 9.90 Å². The third-order valence-electron chi connectivity index (χ3n) is 6.28. The van der Waals surface area contributed by atoms with Crippen molar-refractivity contribution in [3.63, 3.8) is 0 Å². The summed E-state index contributed by atoms with van der Waals surface area (Å²) in [6.45, 7) is -0.114. The van der Waals surface area contributed by atoms with Crippen molar-refractivity contribution in [1.82, 2.24) is 4.90 Å². The molecular formula is C25H26N2O2. The summed E-state index contributed by atoms with van der Waals surface area (Å²) in [6.07, 6.45) is 8.08. The van der Waals surface area contributed by atoms with Crippen molar-refractivity contribution in [2.24, 2.45) is 5.92 Å². The van der Waals surface area contributed by atoms with Crippen LogP contribution in [0.15, 0.2) is 54.6 Å². The van der Waals surface area contributed by atoms with E-state index in [9.17, 15) is 15.2 Å². The van der Waals surface area contributed by atoms with Gasteiger partial charge < -0.3 is 10.0 Å². The Morgan fingerprint density at radius 1 is 1.03 bits per heavy atom. The Labute approximate surface area is 172 Å². The molecule has 0 bridgehead atoms. The molecule has 148 valence electrons. The van der Waals surface area contributed by atoms with Gasteiger partial charge in [-0.25, -0.2) is 0 Å². The SMILES string of the molecule is N#C[C@@H]1[C@@H](c2ccc(/C=C/c3ccccc3)cc2)[C@@H](CO)N1C(=O)C1CCCC1. The zero-order valence-electron chi connectivity index (χ0n) is 16.4. The molecule has 1 heterocycles. The Balaban J connectivity index is 1.49. The molecule has 1 N–H and O–H groups in total. The van der Waals surface area contributed by atoms with E-state index in [4.69, 9.17) is 0 Å². The van der Waals surface area contributed by atoms with Crippen LogP contribution >= 0.6 is 0 Å². The molecule has 1 aliphatic carbocycles. The summed E-state index contributed by atoms with van der Waals surface area (Å²) in [4.78, 5) is 14.5. The van der Waals surface area contributed by atoms with Crippen LogP contribution in [-0.2, 0) is 4.79 Å². The van der Waals surface area contributed by atoms with Crippen LogP contribution in [0.3, 0.4) is 0 Å². The lowest BCUT2D eigenvalue weighted by molar-refractivity contribution is -0.151. The number of hydrogen-bond donors (Lipinski definition) is 1. The highest BCUT2D eigenvalue weighted by molar-refractivity contribution is 5.82. The van der Waals surface area contributed by atoms with Crippen LogP contribution in [0, 0.1) is 17.2 Å². The minimum absolute atomic E-state index is 0.0198. The number of carbonyl (C=O) groups excluding carboxylic acids is 1. The molecule has 0 spiro atoms. The van der Waals surface area contributed by atoms with Crippen molar-refractivity contribution in [2.75, 3.05) is 6.61 Å². The fourth-order valence-electron chi connectivity index (χ4n) is 4.68. The van der Waals surface area contributed by atoms with Gasteiger partial charge in [-0.15, -0.1) is 0 Å². The van der Waals surface area contributed by atoms with Crippen LogP contribution in [0.5, 0.6) is 0 Å². The zero-order valence-corrected chi connectivity index (χ0v) is 16.4. The van der Waals surface area contributed by atoms with E-state index < -0.39 is 6.04 Å². The van der Waals surface area contributed by atoms with Gasteiger partial charge in [0, 0.05) is 11.8 Å². The lowest BCUT2D eigenvalue weighted by Crippen LogP contribution is -2.66. The van der Waals surface area contributed by atoms with E-state index in [1.54, 1.807) is 4.90 Å². The second-order valence-corrected chi connectivity index (χ2v) is 7.99. The zero-order chi connectivity index (χ0) is 20.2. The fraction of sp³-hybridized carbons (Fsp3) is 0.360. The standard InChI is InChI=1S/C25H26N2O2/c26-16-22-24(23(17-28)27(22)25(29)21-8-4-5-9-21)20-14-12-19(13-15-20)11-10-18-6-2-1-3-7-18/h1-3,6-7,10-15,21-24,28H,4-5,8-9,17H2/b11-10+/t22-,23-,24-/m1/s1. The van der Waals surface area contributed by atoms with Gasteiger partial charge in [-0.3, -0.25) is 4.79 Å². The number of aliphatic hydroxyl groups is 1. The predicted molar refractivity (Wildman–Crippen MR) is 114 cm³/mol. The van der Waals surface area contributed by atoms with Gasteiger partial charge in [0.1, 0.15) is 6.04 Å². The summed E-state index contributed by atoms with van der Waals surface area (Å²) in [6, 6.07) is 19.7. The summed E-state index contributed by atoms with van der Waals surface area (Å²) in [7, 11) is 0. The van der Waals surface area contributed by atoms with Crippen LogP contribution in [0.4, 0.5) is 0 Å². The Hall–Kier alpha value is -2.90. The van der Waals surface area contributed by atoms with Gasteiger partial charge in [-0.1, -0.05) is 79.6 Å². The molecular weight excluding hydrogens is 360 g/mol. The molecule has 0 radical (unpaired) electrons. The third-order valence-corrected chi connectivity index (χ3v) is 6.28. The predicted octanol–water partition coefficient (Wildman–Crippen LogP) is 4.23. The average Bonchev–Trinajstić information content (AvgIpc) is 3.29. The Morgan fingerprint density at radius 3 is 2.24 bits per heavy atom. The first kappa shape index (κ1) is 19.4. The van der Waals surface area contributed by atoms with Crippen molar-refractivity contribution in [3.05, 3.63) is 71.3 Å². The Morgan fingerprint density at radius 2 is 1.66 bits per heavy atom. The first-order valence-electron chi connectivity index (χ1n) is 10.4. The van der Waals surface area contributed by atoms with Crippen LogP contribution in [-0.4, -0.2) is 34.6 Å². The fourth-order valence-corrected chi connectivity index (χ4v) is 4.68. The van der Waals surface area contributed by atoms with Gasteiger partial charge in [0.2, 0.25) is 5.91 Å². The van der Waals surface area contributed by atoms with Gasteiger partial charge in [0.25, 0.3) is 0 Å². The van der Waals surface area contributed by atoms with E-state index >= 15 is 0 Å². The number of aliphatic hydroxyl groups excluding tert-OH is 1. The summed E-state index contributed by atoms with van der Waals surface area (Å²) < 4.78 is 0. The number of rotatable bonds is 5. The average molecular weight is 386 g/mol. The minimum Gasteiger partial charge on any atom is -0.394 e. The molecule has 0 unspecified atom stereocenters. The molecule has 2 aromatic rings. The van der Waals surface area contributed by atoms with Crippen LogP contribution in [0.1, 0.15) is 48.3 Å². The van der Waals surface area contributed by atoms with Gasteiger partial charge >= 0.3 is 0 Å². The highest BCUT2D eigenvalue weighted by Crippen LogP contribution is 2.42. The minimum atomic E-state index is -0.494. The second-order valence-electron chi connectivity index (χ2n) is 7.99. The summed E-state index contributed by atoms with van der Waals surface area (Å²) >= 11 is 0. The molecule has 3 atom stereocenters. The van der Waals surface area contributed by atoms with Gasteiger partial charge in [-0.05, 0) is 29.5 Å². The molecule has 1 saturated carbocycles. The van der Waals surface area contributed by atoms with Crippen LogP contribution in [0.2, 0.25) is 0 Å². The highest BCUT2D eigenvalue weighted by Gasteiger charge is 2.52. The number of amides is 1. The Kier molecular flexibility index (Phi) is 5.78. The summed E-state index contributed by atoms with van der Waals surface area (Å²) in [5.74, 6) is -0.0689. The number of nitrogens with zero attached hydrogens (tertiary/aromatic N) is 2. The topological polar surface area (TPSA) is 64.3 Å². The maximum Gasteiger partial charge on any atom is 0.227 e. The molecule has 2 aliphatic rings. The summed E-state index contributed by atoms with van der Waals surface area (Å²) in [5.41, 5.74) is 3.22. The van der Waals surface area contributed by atoms with Gasteiger partial charge in [-0.2, -0.15) is 5.26 Å². The van der Waals surface area contributed by atoms with E-state index in [2.05, 4.69) is 30.4 Å². The van der Waals surface area contributed by atoms with E-state index in [-0.39, 0.29) is 30.4 Å². The Bertz CT molecular complexity index is 908.